The highest BCUT2D eigenvalue weighted by Crippen LogP contribution is 2.10. The van der Waals surface area contributed by atoms with Crippen molar-refractivity contribution in [3.05, 3.63) is 16.6 Å². The van der Waals surface area contributed by atoms with E-state index in [0.29, 0.717) is 6.04 Å². The summed E-state index contributed by atoms with van der Waals surface area (Å²) in [6.45, 7) is 3.43. The number of nitrogens with zero attached hydrogens (tertiary/aromatic N) is 2. The summed E-state index contributed by atoms with van der Waals surface area (Å²) in [7, 11) is 2.19. The molecule has 78 valence electrons. The van der Waals surface area contributed by atoms with E-state index < -0.39 is 0 Å². The molecule has 14 heavy (non-hydrogen) atoms. The van der Waals surface area contributed by atoms with Gasteiger partial charge in [0.2, 0.25) is 0 Å². The normalized spacial score (nSPS) is 20.1. The molecule has 0 aliphatic carbocycles. The van der Waals surface area contributed by atoms with Crippen molar-refractivity contribution in [2.24, 2.45) is 0 Å². The van der Waals surface area contributed by atoms with Crippen LogP contribution in [0.2, 0.25) is 0 Å². The highest BCUT2D eigenvalue weighted by molar-refractivity contribution is 7.09. The lowest BCUT2D eigenvalue weighted by atomic mass is 10.1. The van der Waals surface area contributed by atoms with Gasteiger partial charge >= 0.3 is 0 Å². The average Bonchev–Trinajstić information content (AvgIpc) is 2.70. The number of nitrogens with one attached hydrogen (secondary N) is 1. The molecular formula is C10H17N3S. The number of hydrogen-bond donors (Lipinski definition) is 1. The minimum absolute atomic E-state index is 0.702. The molecule has 0 atom stereocenters. The third-order valence-corrected chi connectivity index (χ3v) is 3.55. The van der Waals surface area contributed by atoms with Crippen LogP contribution in [0.1, 0.15) is 17.7 Å². The molecule has 0 bridgehead atoms. The van der Waals surface area contributed by atoms with Crippen LogP contribution in [0.5, 0.6) is 0 Å². The molecule has 0 radical (unpaired) electrons. The lowest BCUT2D eigenvalue weighted by Crippen LogP contribution is -2.40. The minimum Gasteiger partial charge on any atom is -0.309 e. The van der Waals surface area contributed by atoms with Crippen LogP contribution in [-0.2, 0) is 6.54 Å². The Morgan fingerprint density at radius 1 is 1.57 bits per heavy atom. The van der Waals surface area contributed by atoms with Crippen LogP contribution in [0.3, 0.4) is 0 Å². The maximum absolute atomic E-state index is 4.07. The highest BCUT2D eigenvalue weighted by Gasteiger charge is 2.15. The van der Waals surface area contributed by atoms with Crippen molar-refractivity contribution in [1.82, 2.24) is 15.2 Å². The van der Waals surface area contributed by atoms with Gasteiger partial charge in [-0.2, -0.15) is 0 Å². The molecule has 1 aromatic rings. The van der Waals surface area contributed by atoms with Gasteiger partial charge in [-0.05, 0) is 33.0 Å². The summed E-state index contributed by atoms with van der Waals surface area (Å²) >= 11 is 1.73. The van der Waals surface area contributed by atoms with E-state index in [1.54, 1.807) is 11.3 Å². The Kier molecular flexibility index (Phi) is 3.50. The van der Waals surface area contributed by atoms with E-state index in [0.717, 1.165) is 6.54 Å². The molecule has 3 nitrogen and oxygen atoms in total. The molecular weight excluding hydrogens is 194 g/mol. The van der Waals surface area contributed by atoms with Gasteiger partial charge in [-0.3, -0.25) is 4.98 Å². The van der Waals surface area contributed by atoms with Crippen LogP contribution >= 0.6 is 11.3 Å². The molecule has 2 rings (SSSR count). The van der Waals surface area contributed by atoms with Gasteiger partial charge in [0.1, 0.15) is 0 Å². The maximum Gasteiger partial charge on any atom is 0.0794 e. The lowest BCUT2D eigenvalue weighted by Gasteiger charge is -2.29. The van der Waals surface area contributed by atoms with Gasteiger partial charge in [0.25, 0.3) is 0 Å². The van der Waals surface area contributed by atoms with Crippen LogP contribution in [0.15, 0.2) is 11.7 Å². The maximum atomic E-state index is 4.07. The van der Waals surface area contributed by atoms with E-state index in [2.05, 4.69) is 22.2 Å². The number of thiazole rings is 1. The second kappa shape index (κ2) is 4.87. The molecule has 2 heterocycles. The molecule has 0 aromatic carbocycles. The van der Waals surface area contributed by atoms with Crippen molar-refractivity contribution >= 4 is 11.3 Å². The van der Waals surface area contributed by atoms with Gasteiger partial charge in [0, 0.05) is 23.7 Å². The molecule has 0 spiro atoms. The first kappa shape index (κ1) is 10.1. The number of likely N-dealkylation sites (tertiary alicyclic amines) is 1. The third-order valence-electron chi connectivity index (χ3n) is 2.77. The van der Waals surface area contributed by atoms with E-state index >= 15 is 0 Å². The Hall–Kier alpha value is -0.450. The Morgan fingerprint density at radius 3 is 3.00 bits per heavy atom. The minimum atomic E-state index is 0.702. The van der Waals surface area contributed by atoms with Crippen molar-refractivity contribution in [2.45, 2.75) is 25.4 Å². The van der Waals surface area contributed by atoms with Gasteiger partial charge in [-0.25, -0.2) is 0 Å². The SMILES string of the molecule is CN1CCC(NCc2cncs2)CC1. The van der Waals surface area contributed by atoms with Crippen LogP contribution in [0.4, 0.5) is 0 Å². The molecule has 1 N–H and O–H groups in total. The van der Waals surface area contributed by atoms with Crippen molar-refractivity contribution in [3.63, 3.8) is 0 Å². The summed E-state index contributed by atoms with van der Waals surface area (Å²) in [5.74, 6) is 0. The Balaban J connectivity index is 1.71. The van der Waals surface area contributed by atoms with Gasteiger partial charge in [-0.1, -0.05) is 0 Å². The summed E-state index contributed by atoms with van der Waals surface area (Å²) in [6, 6.07) is 0.702. The smallest absolute Gasteiger partial charge is 0.0794 e. The number of piperidine rings is 1. The molecule has 1 aromatic heterocycles. The van der Waals surface area contributed by atoms with E-state index in [1.165, 1.54) is 30.8 Å². The first-order valence-corrected chi connectivity index (χ1v) is 6.02. The average molecular weight is 211 g/mol. The Labute approximate surface area is 89.1 Å². The summed E-state index contributed by atoms with van der Waals surface area (Å²) in [4.78, 5) is 7.80. The topological polar surface area (TPSA) is 28.2 Å². The zero-order valence-electron chi connectivity index (χ0n) is 8.57. The van der Waals surface area contributed by atoms with Crippen LogP contribution in [0, 0.1) is 0 Å². The van der Waals surface area contributed by atoms with Gasteiger partial charge in [0.15, 0.2) is 0 Å². The molecule has 0 saturated carbocycles. The quantitative estimate of drug-likeness (QED) is 0.817. The second-order valence-electron chi connectivity index (χ2n) is 3.93. The molecule has 1 fully saturated rings. The highest BCUT2D eigenvalue weighted by atomic mass is 32.1. The zero-order valence-corrected chi connectivity index (χ0v) is 9.39. The first-order valence-electron chi connectivity index (χ1n) is 5.14. The largest absolute Gasteiger partial charge is 0.309 e. The molecule has 0 amide bonds. The first-order chi connectivity index (χ1) is 6.84. The Bertz CT molecular complexity index is 252. The van der Waals surface area contributed by atoms with Crippen LogP contribution in [-0.4, -0.2) is 36.1 Å². The molecule has 4 heteroatoms. The fourth-order valence-corrected chi connectivity index (χ4v) is 2.33. The Morgan fingerprint density at radius 2 is 2.36 bits per heavy atom. The lowest BCUT2D eigenvalue weighted by molar-refractivity contribution is 0.234. The van der Waals surface area contributed by atoms with Crippen molar-refractivity contribution in [3.8, 4) is 0 Å². The van der Waals surface area contributed by atoms with Crippen LogP contribution in [0.25, 0.3) is 0 Å². The van der Waals surface area contributed by atoms with Crippen LogP contribution < -0.4 is 5.32 Å². The number of rotatable bonds is 3. The fraction of sp³-hybridized carbons (Fsp3) is 0.700. The van der Waals surface area contributed by atoms with E-state index in [9.17, 15) is 0 Å². The monoisotopic (exact) mass is 211 g/mol. The van der Waals surface area contributed by atoms with E-state index in [-0.39, 0.29) is 0 Å². The zero-order chi connectivity index (χ0) is 9.80. The standard InChI is InChI=1S/C10H17N3S/c1-13-4-2-9(3-5-13)12-7-10-6-11-8-14-10/h6,8-9,12H,2-5,7H2,1H3. The van der Waals surface area contributed by atoms with Gasteiger partial charge in [0.05, 0.1) is 5.51 Å². The summed E-state index contributed by atoms with van der Waals surface area (Å²) in [5.41, 5.74) is 1.89. The molecule has 1 aliphatic rings. The summed E-state index contributed by atoms with van der Waals surface area (Å²) in [6.07, 6.45) is 4.50. The van der Waals surface area contributed by atoms with Gasteiger partial charge in [-0.15, -0.1) is 11.3 Å². The molecule has 0 unspecified atom stereocenters. The van der Waals surface area contributed by atoms with Crippen molar-refractivity contribution in [1.29, 1.82) is 0 Å². The van der Waals surface area contributed by atoms with Gasteiger partial charge < -0.3 is 10.2 Å². The third kappa shape index (κ3) is 2.77. The summed E-state index contributed by atoms with van der Waals surface area (Å²) in [5, 5.41) is 3.59. The van der Waals surface area contributed by atoms with Crippen molar-refractivity contribution < 1.29 is 0 Å². The predicted octanol–water partition coefficient (Wildman–Crippen LogP) is 1.33. The van der Waals surface area contributed by atoms with E-state index in [1.807, 2.05) is 11.7 Å². The molecule has 1 aliphatic heterocycles. The second-order valence-corrected chi connectivity index (χ2v) is 4.90. The van der Waals surface area contributed by atoms with E-state index in [4.69, 9.17) is 0 Å². The van der Waals surface area contributed by atoms with Crippen molar-refractivity contribution in [2.75, 3.05) is 20.1 Å². The molecule has 1 saturated heterocycles. The number of hydrogen-bond acceptors (Lipinski definition) is 4. The summed E-state index contributed by atoms with van der Waals surface area (Å²) < 4.78 is 0. The number of aromatic nitrogens is 1. The fourth-order valence-electron chi connectivity index (χ4n) is 1.79. The predicted molar refractivity (Wildman–Crippen MR) is 59.5 cm³/mol.